The Labute approximate surface area is 83.9 Å². The lowest BCUT2D eigenvalue weighted by Gasteiger charge is -1.88. The standard InChI is InChI=1S/C9H6BrN3/c10-4-1-3-8-7-12-13-6-2-5-11-9(8)13/h2,5-7H,4H2. The number of alkyl halides is 1. The number of aromatic nitrogens is 3. The van der Waals surface area contributed by atoms with Crippen molar-refractivity contribution in [1.29, 1.82) is 0 Å². The Balaban J connectivity index is 2.58. The van der Waals surface area contributed by atoms with Crippen molar-refractivity contribution in [3.8, 4) is 11.8 Å². The van der Waals surface area contributed by atoms with Crippen LogP contribution < -0.4 is 0 Å². The fraction of sp³-hybridized carbons (Fsp3) is 0.111. The van der Waals surface area contributed by atoms with Crippen LogP contribution in [0.15, 0.2) is 24.7 Å². The van der Waals surface area contributed by atoms with E-state index in [0.29, 0.717) is 5.33 Å². The zero-order valence-electron chi connectivity index (χ0n) is 6.74. The predicted octanol–water partition coefficient (Wildman–Crippen LogP) is 1.48. The predicted molar refractivity (Wildman–Crippen MR) is 53.7 cm³/mol. The molecule has 0 N–H and O–H groups in total. The molecule has 0 aliphatic rings. The first-order valence-corrected chi connectivity index (χ1v) is 4.87. The Morgan fingerprint density at radius 2 is 2.46 bits per heavy atom. The molecule has 3 nitrogen and oxygen atoms in total. The summed E-state index contributed by atoms with van der Waals surface area (Å²) in [6.07, 6.45) is 5.30. The van der Waals surface area contributed by atoms with E-state index < -0.39 is 0 Å². The first-order chi connectivity index (χ1) is 6.42. The number of hydrogen-bond donors (Lipinski definition) is 0. The van der Waals surface area contributed by atoms with Crippen LogP contribution in [-0.4, -0.2) is 19.9 Å². The number of rotatable bonds is 0. The van der Waals surface area contributed by atoms with Crippen LogP contribution >= 0.6 is 15.9 Å². The monoisotopic (exact) mass is 235 g/mol. The molecule has 2 aromatic heterocycles. The molecule has 0 unspecified atom stereocenters. The van der Waals surface area contributed by atoms with Crippen molar-refractivity contribution < 1.29 is 0 Å². The van der Waals surface area contributed by atoms with Gasteiger partial charge < -0.3 is 0 Å². The Hall–Kier alpha value is -1.34. The molecule has 0 aromatic carbocycles. The number of fused-ring (bicyclic) bond motifs is 1. The third-order valence-electron chi connectivity index (χ3n) is 1.57. The quantitative estimate of drug-likeness (QED) is 0.512. The molecule has 2 aromatic rings. The summed E-state index contributed by atoms with van der Waals surface area (Å²) in [5.74, 6) is 5.89. The van der Waals surface area contributed by atoms with Gasteiger partial charge in [0.05, 0.1) is 17.1 Å². The van der Waals surface area contributed by atoms with Gasteiger partial charge in [-0.15, -0.1) is 0 Å². The van der Waals surface area contributed by atoms with E-state index in [1.165, 1.54) is 0 Å². The first kappa shape index (κ1) is 8.27. The molecule has 0 spiro atoms. The Bertz CT molecular complexity index is 478. The van der Waals surface area contributed by atoms with Crippen LogP contribution in [0.5, 0.6) is 0 Å². The lowest BCUT2D eigenvalue weighted by atomic mass is 10.3. The fourth-order valence-corrected chi connectivity index (χ4v) is 1.18. The number of halogens is 1. The number of hydrogen-bond acceptors (Lipinski definition) is 2. The van der Waals surface area contributed by atoms with Gasteiger partial charge in [-0.1, -0.05) is 27.8 Å². The van der Waals surface area contributed by atoms with Crippen LogP contribution in [0.25, 0.3) is 5.65 Å². The van der Waals surface area contributed by atoms with Gasteiger partial charge in [0.1, 0.15) is 0 Å². The summed E-state index contributed by atoms with van der Waals surface area (Å²) < 4.78 is 1.71. The first-order valence-electron chi connectivity index (χ1n) is 3.75. The molecule has 0 atom stereocenters. The molecule has 64 valence electrons. The molecule has 0 amide bonds. The molecule has 0 aliphatic heterocycles. The van der Waals surface area contributed by atoms with Gasteiger partial charge in [-0.25, -0.2) is 9.50 Å². The zero-order valence-corrected chi connectivity index (χ0v) is 8.32. The van der Waals surface area contributed by atoms with E-state index in [1.807, 2.05) is 12.3 Å². The van der Waals surface area contributed by atoms with Gasteiger partial charge in [-0.2, -0.15) is 5.10 Å². The lowest BCUT2D eigenvalue weighted by Crippen LogP contribution is -1.87. The van der Waals surface area contributed by atoms with E-state index in [-0.39, 0.29) is 0 Å². The Morgan fingerprint density at radius 1 is 1.54 bits per heavy atom. The summed E-state index contributed by atoms with van der Waals surface area (Å²) in [5, 5.41) is 4.77. The van der Waals surface area contributed by atoms with E-state index in [9.17, 15) is 0 Å². The van der Waals surface area contributed by atoms with Crippen molar-refractivity contribution >= 4 is 21.6 Å². The number of nitrogens with zero attached hydrogens (tertiary/aromatic N) is 3. The highest BCUT2D eigenvalue weighted by molar-refractivity contribution is 9.09. The summed E-state index contributed by atoms with van der Waals surface area (Å²) in [6.45, 7) is 0. The molecule has 0 saturated carbocycles. The third-order valence-corrected chi connectivity index (χ3v) is 1.85. The van der Waals surface area contributed by atoms with E-state index in [0.717, 1.165) is 11.2 Å². The fourth-order valence-electron chi connectivity index (χ4n) is 1.04. The maximum absolute atomic E-state index is 4.18. The van der Waals surface area contributed by atoms with Gasteiger partial charge >= 0.3 is 0 Å². The van der Waals surface area contributed by atoms with E-state index in [1.54, 1.807) is 16.9 Å². The maximum Gasteiger partial charge on any atom is 0.170 e. The SMILES string of the molecule is BrCC#Cc1cnn2cccnc12. The minimum absolute atomic E-state index is 0.664. The second-order valence-corrected chi connectivity index (χ2v) is 2.94. The maximum atomic E-state index is 4.18. The van der Waals surface area contributed by atoms with Crippen LogP contribution in [0.2, 0.25) is 0 Å². The van der Waals surface area contributed by atoms with Crippen LogP contribution in [0.3, 0.4) is 0 Å². The Morgan fingerprint density at radius 3 is 3.31 bits per heavy atom. The minimum Gasteiger partial charge on any atom is -0.236 e. The summed E-state index contributed by atoms with van der Waals surface area (Å²) in [6, 6.07) is 1.84. The summed E-state index contributed by atoms with van der Waals surface area (Å²) >= 11 is 3.24. The smallest absolute Gasteiger partial charge is 0.170 e. The van der Waals surface area contributed by atoms with Crippen LogP contribution in [-0.2, 0) is 0 Å². The highest BCUT2D eigenvalue weighted by atomic mass is 79.9. The molecule has 2 rings (SSSR count). The highest BCUT2D eigenvalue weighted by Gasteiger charge is 1.99. The van der Waals surface area contributed by atoms with Gasteiger partial charge in [-0.3, -0.25) is 0 Å². The average Bonchev–Trinajstić information content (AvgIpc) is 2.58. The molecule has 0 radical (unpaired) electrons. The topological polar surface area (TPSA) is 30.2 Å². The lowest BCUT2D eigenvalue weighted by molar-refractivity contribution is 0.939. The minimum atomic E-state index is 0.664. The summed E-state index contributed by atoms with van der Waals surface area (Å²) in [5.41, 5.74) is 1.66. The van der Waals surface area contributed by atoms with Crippen molar-refractivity contribution in [2.45, 2.75) is 0 Å². The van der Waals surface area contributed by atoms with E-state index in [4.69, 9.17) is 0 Å². The van der Waals surface area contributed by atoms with Crippen LogP contribution in [0, 0.1) is 11.8 Å². The van der Waals surface area contributed by atoms with Crippen molar-refractivity contribution in [3.63, 3.8) is 0 Å². The zero-order chi connectivity index (χ0) is 9.10. The van der Waals surface area contributed by atoms with E-state index in [2.05, 4.69) is 37.9 Å². The normalized spacial score (nSPS) is 9.62. The van der Waals surface area contributed by atoms with Crippen molar-refractivity contribution in [2.24, 2.45) is 0 Å². The molecule has 13 heavy (non-hydrogen) atoms. The average molecular weight is 236 g/mol. The van der Waals surface area contributed by atoms with Gasteiger partial charge in [0.25, 0.3) is 0 Å². The molecular formula is C9H6BrN3. The van der Waals surface area contributed by atoms with Gasteiger partial charge in [0.15, 0.2) is 5.65 Å². The van der Waals surface area contributed by atoms with Crippen molar-refractivity contribution in [2.75, 3.05) is 5.33 Å². The highest BCUT2D eigenvalue weighted by Crippen LogP contribution is 2.04. The summed E-state index contributed by atoms with van der Waals surface area (Å²) in [7, 11) is 0. The third kappa shape index (κ3) is 1.56. The van der Waals surface area contributed by atoms with Gasteiger partial charge in [0, 0.05) is 12.4 Å². The van der Waals surface area contributed by atoms with Gasteiger partial charge in [0.2, 0.25) is 0 Å². The largest absolute Gasteiger partial charge is 0.236 e. The molecular weight excluding hydrogens is 230 g/mol. The van der Waals surface area contributed by atoms with Crippen molar-refractivity contribution in [3.05, 3.63) is 30.2 Å². The molecule has 2 heterocycles. The van der Waals surface area contributed by atoms with Crippen molar-refractivity contribution in [1.82, 2.24) is 14.6 Å². The molecule has 4 heteroatoms. The molecule has 0 fully saturated rings. The van der Waals surface area contributed by atoms with E-state index >= 15 is 0 Å². The molecule has 0 saturated heterocycles. The molecule has 0 bridgehead atoms. The van der Waals surface area contributed by atoms with Gasteiger partial charge in [-0.05, 0) is 6.07 Å². The summed E-state index contributed by atoms with van der Waals surface area (Å²) in [4.78, 5) is 4.18. The second-order valence-electron chi connectivity index (χ2n) is 2.38. The Kier molecular flexibility index (Phi) is 2.28. The van der Waals surface area contributed by atoms with Crippen LogP contribution in [0.1, 0.15) is 5.56 Å². The second kappa shape index (κ2) is 3.58. The van der Waals surface area contributed by atoms with Crippen LogP contribution in [0.4, 0.5) is 0 Å². The molecule has 0 aliphatic carbocycles.